The standard InChI is InChI=1S/C28H32N4O4/c1-30(2)13-8-14-32-17-21(19-15-28(35-4,36-5)12-11-23(19)32)25-24(26(33)29-27(25)34)20-16-31(3)22-10-7-6-9-18(20)22/h6-7,9-12,16-17H,8,13-15H2,1-5H3,(H,29,33,34). The molecule has 8 nitrogen and oxygen atoms in total. The molecule has 3 aromatic rings. The normalized spacial score (nSPS) is 16.9. The first-order valence-corrected chi connectivity index (χ1v) is 12.1. The molecule has 3 heterocycles. The van der Waals surface area contributed by atoms with Gasteiger partial charge in [-0.3, -0.25) is 14.9 Å². The van der Waals surface area contributed by atoms with Crippen LogP contribution < -0.4 is 5.32 Å². The largest absolute Gasteiger partial charge is 0.350 e. The number of carbonyl (C=O) groups is 2. The van der Waals surface area contributed by atoms with Gasteiger partial charge >= 0.3 is 0 Å². The molecule has 1 aliphatic carbocycles. The van der Waals surface area contributed by atoms with Crippen LogP contribution >= 0.6 is 0 Å². The molecule has 0 unspecified atom stereocenters. The van der Waals surface area contributed by atoms with Crippen molar-refractivity contribution in [1.29, 1.82) is 0 Å². The van der Waals surface area contributed by atoms with Gasteiger partial charge in [-0.2, -0.15) is 0 Å². The van der Waals surface area contributed by atoms with E-state index >= 15 is 0 Å². The number of aromatic nitrogens is 2. The summed E-state index contributed by atoms with van der Waals surface area (Å²) in [6.07, 6.45) is 9.22. The molecule has 2 amide bonds. The van der Waals surface area contributed by atoms with E-state index < -0.39 is 5.79 Å². The number of rotatable bonds is 8. The third kappa shape index (κ3) is 3.91. The summed E-state index contributed by atoms with van der Waals surface area (Å²) in [5.74, 6) is -1.70. The first-order valence-electron chi connectivity index (χ1n) is 12.1. The van der Waals surface area contributed by atoms with Crippen molar-refractivity contribution < 1.29 is 19.1 Å². The van der Waals surface area contributed by atoms with Gasteiger partial charge in [-0.1, -0.05) is 18.2 Å². The van der Waals surface area contributed by atoms with Crippen molar-refractivity contribution in [2.45, 2.75) is 25.2 Å². The van der Waals surface area contributed by atoms with Crippen LogP contribution in [0.25, 0.3) is 28.1 Å². The third-order valence-corrected chi connectivity index (χ3v) is 7.21. The molecule has 2 aliphatic rings. The number of aryl methyl sites for hydroxylation is 2. The highest BCUT2D eigenvalue weighted by Gasteiger charge is 2.39. The Hall–Kier alpha value is -3.46. The van der Waals surface area contributed by atoms with Gasteiger partial charge in [0.15, 0.2) is 5.79 Å². The first-order chi connectivity index (χ1) is 17.3. The van der Waals surface area contributed by atoms with Gasteiger partial charge in [0.05, 0.1) is 11.1 Å². The minimum atomic E-state index is -0.934. The summed E-state index contributed by atoms with van der Waals surface area (Å²) in [6, 6.07) is 7.90. The second kappa shape index (κ2) is 9.20. The Kier molecular flexibility index (Phi) is 6.20. The van der Waals surface area contributed by atoms with Crippen LogP contribution in [0, 0.1) is 0 Å². The Morgan fingerprint density at radius 1 is 1.03 bits per heavy atom. The monoisotopic (exact) mass is 488 g/mol. The van der Waals surface area contributed by atoms with E-state index in [1.807, 2.05) is 60.4 Å². The van der Waals surface area contributed by atoms with Gasteiger partial charge in [0.25, 0.3) is 11.8 Å². The molecule has 0 radical (unpaired) electrons. The topological polar surface area (TPSA) is 77.7 Å². The highest BCUT2D eigenvalue weighted by molar-refractivity contribution is 6.50. The summed E-state index contributed by atoms with van der Waals surface area (Å²) >= 11 is 0. The molecular formula is C28H32N4O4. The number of hydrogen-bond acceptors (Lipinski definition) is 5. The highest BCUT2D eigenvalue weighted by Crippen LogP contribution is 2.41. The van der Waals surface area contributed by atoms with Gasteiger partial charge in [0.2, 0.25) is 0 Å². The number of nitrogens with zero attached hydrogens (tertiary/aromatic N) is 3. The lowest BCUT2D eigenvalue weighted by atomic mass is 9.89. The second-order valence-corrected chi connectivity index (χ2v) is 9.69. The summed E-state index contributed by atoms with van der Waals surface area (Å²) in [7, 11) is 9.27. The SMILES string of the molecule is COC1(OC)C=Cc2c(c(C3=C(c4cn(C)c5ccccc45)C(=O)NC3=O)cn2CCCN(C)C)C1. The number of fused-ring (bicyclic) bond motifs is 2. The van der Waals surface area contributed by atoms with Crippen molar-refractivity contribution in [1.82, 2.24) is 19.4 Å². The number of amides is 2. The van der Waals surface area contributed by atoms with E-state index in [9.17, 15) is 9.59 Å². The summed E-state index contributed by atoms with van der Waals surface area (Å²) < 4.78 is 15.6. The van der Waals surface area contributed by atoms with Crippen molar-refractivity contribution in [3.05, 3.63) is 65.1 Å². The maximum Gasteiger partial charge on any atom is 0.259 e. The van der Waals surface area contributed by atoms with Gasteiger partial charge in [0, 0.05) is 74.4 Å². The van der Waals surface area contributed by atoms with E-state index in [4.69, 9.17) is 9.47 Å². The molecule has 0 atom stereocenters. The van der Waals surface area contributed by atoms with E-state index in [2.05, 4.69) is 28.9 Å². The quantitative estimate of drug-likeness (QED) is 0.390. The number of carbonyl (C=O) groups excluding carboxylic acids is 2. The number of hydrogen-bond donors (Lipinski definition) is 1. The van der Waals surface area contributed by atoms with Crippen LogP contribution in [0.4, 0.5) is 0 Å². The average Bonchev–Trinajstić information content (AvgIpc) is 3.48. The molecule has 8 heteroatoms. The zero-order chi connectivity index (χ0) is 25.6. The van der Waals surface area contributed by atoms with Crippen LogP contribution in [-0.4, -0.2) is 66.5 Å². The van der Waals surface area contributed by atoms with E-state index in [1.54, 1.807) is 14.2 Å². The molecule has 2 aromatic heterocycles. The summed E-state index contributed by atoms with van der Waals surface area (Å²) in [6.45, 7) is 1.72. The second-order valence-electron chi connectivity index (χ2n) is 9.69. The van der Waals surface area contributed by atoms with Gasteiger partial charge < -0.3 is 23.5 Å². The molecule has 0 fully saturated rings. The van der Waals surface area contributed by atoms with E-state index in [1.165, 1.54) is 0 Å². The maximum absolute atomic E-state index is 13.3. The Balaban J connectivity index is 1.72. The van der Waals surface area contributed by atoms with Crippen molar-refractivity contribution in [2.24, 2.45) is 7.05 Å². The fraction of sp³-hybridized carbons (Fsp3) is 0.357. The number of imide groups is 1. The third-order valence-electron chi connectivity index (χ3n) is 7.21. The Labute approximate surface area is 210 Å². The molecule has 1 aromatic carbocycles. The van der Waals surface area contributed by atoms with Crippen LogP contribution in [0.15, 0.2) is 42.7 Å². The van der Waals surface area contributed by atoms with Crippen molar-refractivity contribution in [3.63, 3.8) is 0 Å². The predicted octanol–water partition coefficient (Wildman–Crippen LogP) is 3.06. The van der Waals surface area contributed by atoms with Crippen molar-refractivity contribution >= 4 is 39.9 Å². The van der Waals surface area contributed by atoms with Crippen LogP contribution in [-0.2, 0) is 39.1 Å². The molecule has 1 N–H and O–H groups in total. The Morgan fingerprint density at radius 3 is 2.42 bits per heavy atom. The zero-order valence-electron chi connectivity index (χ0n) is 21.4. The maximum atomic E-state index is 13.3. The molecule has 5 rings (SSSR count). The highest BCUT2D eigenvalue weighted by atomic mass is 16.7. The Bertz CT molecular complexity index is 1420. The van der Waals surface area contributed by atoms with Gasteiger partial charge in [-0.05, 0) is 50.8 Å². The molecule has 188 valence electrons. The molecule has 0 saturated carbocycles. The van der Waals surface area contributed by atoms with Gasteiger partial charge in [-0.25, -0.2) is 0 Å². The van der Waals surface area contributed by atoms with Crippen LogP contribution in [0.3, 0.4) is 0 Å². The first kappa shape index (κ1) is 24.2. The van der Waals surface area contributed by atoms with E-state index in [0.29, 0.717) is 17.6 Å². The number of nitrogens with one attached hydrogen (secondary N) is 1. The minimum absolute atomic E-state index is 0.378. The molecule has 0 saturated heterocycles. The summed E-state index contributed by atoms with van der Waals surface area (Å²) in [5.41, 5.74) is 5.22. The Morgan fingerprint density at radius 2 is 1.72 bits per heavy atom. The van der Waals surface area contributed by atoms with Crippen LogP contribution in [0.1, 0.15) is 28.8 Å². The van der Waals surface area contributed by atoms with E-state index in [-0.39, 0.29) is 11.8 Å². The number of para-hydroxylation sites is 1. The fourth-order valence-electron chi connectivity index (χ4n) is 5.34. The smallest absolute Gasteiger partial charge is 0.259 e. The molecule has 36 heavy (non-hydrogen) atoms. The summed E-state index contributed by atoms with van der Waals surface area (Å²) in [5, 5.41) is 3.48. The zero-order valence-corrected chi connectivity index (χ0v) is 21.4. The van der Waals surface area contributed by atoms with Gasteiger partial charge in [-0.15, -0.1) is 0 Å². The molecule has 0 spiro atoms. The van der Waals surface area contributed by atoms with Crippen LogP contribution in [0.2, 0.25) is 0 Å². The average molecular weight is 489 g/mol. The molecule has 1 aliphatic heterocycles. The minimum Gasteiger partial charge on any atom is -0.350 e. The number of methoxy groups -OCH3 is 2. The van der Waals surface area contributed by atoms with Gasteiger partial charge in [0.1, 0.15) is 0 Å². The lowest BCUT2D eigenvalue weighted by molar-refractivity contribution is -0.169. The number of ether oxygens (including phenoxy) is 2. The van der Waals surface area contributed by atoms with E-state index in [0.717, 1.165) is 52.8 Å². The van der Waals surface area contributed by atoms with Crippen molar-refractivity contribution in [3.8, 4) is 0 Å². The summed E-state index contributed by atoms with van der Waals surface area (Å²) in [4.78, 5) is 28.7. The fourth-order valence-corrected chi connectivity index (χ4v) is 5.34. The van der Waals surface area contributed by atoms with Crippen molar-refractivity contribution in [2.75, 3.05) is 34.9 Å². The molecular weight excluding hydrogens is 456 g/mol. The van der Waals surface area contributed by atoms with Crippen LogP contribution in [0.5, 0.6) is 0 Å². The lowest BCUT2D eigenvalue weighted by Crippen LogP contribution is -2.36. The molecule has 0 bridgehead atoms. The number of benzene rings is 1. The lowest BCUT2D eigenvalue weighted by Gasteiger charge is -2.31. The predicted molar refractivity (Wildman–Crippen MR) is 140 cm³/mol.